The van der Waals surface area contributed by atoms with E-state index in [4.69, 9.17) is 9.47 Å². The summed E-state index contributed by atoms with van der Waals surface area (Å²) in [5.41, 5.74) is 1.60. The summed E-state index contributed by atoms with van der Waals surface area (Å²) in [6.45, 7) is 0.724. The summed E-state index contributed by atoms with van der Waals surface area (Å²) in [6.07, 6.45) is 3.82. The number of carbonyl (C=O) groups is 2. The first-order chi connectivity index (χ1) is 12.0. The van der Waals surface area contributed by atoms with Gasteiger partial charge in [-0.2, -0.15) is 0 Å². The Kier molecular flexibility index (Phi) is 5.24. The molecule has 1 saturated heterocycles. The van der Waals surface area contributed by atoms with Crippen LogP contribution in [0.2, 0.25) is 0 Å². The lowest BCUT2D eigenvalue weighted by Gasteiger charge is -2.21. The molecule has 1 atom stereocenters. The maximum absolute atomic E-state index is 12.0. The second-order valence-electron chi connectivity index (χ2n) is 6.77. The third-order valence-electron chi connectivity index (χ3n) is 4.62. The highest BCUT2D eigenvalue weighted by Crippen LogP contribution is 2.38. The SMILES string of the molecule is CN(C)c1ccc(NC(=O)C(=O)NC[C@@H]2COC3(CCCC3)O2)cc1. The van der Waals surface area contributed by atoms with E-state index in [1.807, 2.05) is 31.1 Å². The molecule has 136 valence electrons. The molecule has 2 N–H and O–H groups in total. The fourth-order valence-electron chi connectivity index (χ4n) is 3.21. The van der Waals surface area contributed by atoms with Gasteiger partial charge in [0.15, 0.2) is 5.79 Å². The molecule has 1 aliphatic carbocycles. The molecule has 2 amide bonds. The van der Waals surface area contributed by atoms with Crippen molar-refractivity contribution in [1.29, 1.82) is 0 Å². The Morgan fingerprint density at radius 2 is 1.84 bits per heavy atom. The lowest BCUT2D eigenvalue weighted by Crippen LogP contribution is -2.40. The molecular weight excluding hydrogens is 322 g/mol. The molecule has 1 saturated carbocycles. The van der Waals surface area contributed by atoms with E-state index < -0.39 is 17.6 Å². The van der Waals surface area contributed by atoms with Crippen LogP contribution < -0.4 is 15.5 Å². The topological polar surface area (TPSA) is 79.9 Å². The van der Waals surface area contributed by atoms with Crippen LogP contribution in [0.25, 0.3) is 0 Å². The summed E-state index contributed by atoms with van der Waals surface area (Å²) in [5, 5.41) is 5.21. The first-order valence-electron chi connectivity index (χ1n) is 8.66. The Morgan fingerprint density at radius 3 is 2.48 bits per heavy atom. The van der Waals surface area contributed by atoms with Gasteiger partial charge in [-0.1, -0.05) is 0 Å². The Hall–Kier alpha value is -2.12. The van der Waals surface area contributed by atoms with Gasteiger partial charge in [-0.05, 0) is 37.1 Å². The van der Waals surface area contributed by atoms with Gasteiger partial charge in [-0.15, -0.1) is 0 Å². The van der Waals surface area contributed by atoms with Crippen molar-refractivity contribution in [1.82, 2.24) is 5.32 Å². The minimum absolute atomic E-state index is 0.200. The third kappa shape index (κ3) is 4.29. The van der Waals surface area contributed by atoms with E-state index in [1.54, 1.807) is 12.1 Å². The number of nitrogens with one attached hydrogen (secondary N) is 2. The van der Waals surface area contributed by atoms with Crippen molar-refractivity contribution >= 4 is 23.2 Å². The van der Waals surface area contributed by atoms with Crippen LogP contribution >= 0.6 is 0 Å². The zero-order valence-electron chi connectivity index (χ0n) is 14.7. The first-order valence-corrected chi connectivity index (χ1v) is 8.66. The van der Waals surface area contributed by atoms with Gasteiger partial charge in [-0.3, -0.25) is 9.59 Å². The van der Waals surface area contributed by atoms with Crippen LogP contribution in [-0.2, 0) is 19.1 Å². The molecule has 2 aliphatic rings. The Bertz CT molecular complexity index is 624. The number of rotatable bonds is 4. The van der Waals surface area contributed by atoms with E-state index in [0.29, 0.717) is 12.3 Å². The summed E-state index contributed by atoms with van der Waals surface area (Å²) >= 11 is 0. The molecule has 1 aliphatic heterocycles. The minimum Gasteiger partial charge on any atom is -0.378 e. The van der Waals surface area contributed by atoms with Gasteiger partial charge in [0.1, 0.15) is 6.10 Å². The number of benzene rings is 1. The van der Waals surface area contributed by atoms with Crippen LogP contribution in [0.1, 0.15) is 25.7 Å². The average Bonchev–Trinajstić information content (AvgIpc) is 3.23. The maximum Gasteiger partial charge on any atom is 0.313 e. The zero-order chi connectivity index (χ0) is 17.9. The average molecular weight is 347 g/mol. The van der Waals surface area contributed by atoms with Gasteiger partial charge < -0.3 is 25.0 Å². The highest BCUT2D eigenvalue weighted by molar-refractivity contribution is 6.39. The van der Waals surface area contributed by atoms with E-state index in [1.165, 1.54) is 0 Å². The molecule has 0 aromatic heterocycles. The maximum atomic E-state index is 12.0. The lowest BCUT2D eigenvalue weighted by atomic mass is 10.2. The smallest absolute Gasteiger partial charge is 0.313 e. The van der Waals surface area contributed by atoms with Crippen LogP contribution in [0.5, 0.6) is 0 Å². The van der Waals surface area contributed by atoms with E-state index >= 15 is 0 Å². The lowest BCUT2D eigenvalue weighted by molar-refractivity contribution is -0.161. The standard InChI is InChI=1S/C18H25N3O4/c1-21(2)14-7-5-13(6-8-14)20-17(23)16(22)19-11-15-12-24-18(25-15)9-3-4-10-18/h5-8,15H,3-4,9-12H2,1-2H3,(H,19,22)(H,20,23)/t15-/m1/s1. The number of hydrogen-bond acceptors (Lipinski definition) is 5. The van der Waals surface area contributed by atoms with Gasteiger partial charge in [0.25, 0.3) is 0 Å². The summed E-state index contributed by atoms with van der Waals surface area (Å²) in [4.78, 5) is 25.9. The second-order valence-corrected chi connectivity index (χ2v) is 6.77. The van der Waals surface area contributed by atoms with Crippen molar-refractivity contribution < 1.29 is 19.1 Å². The molecule has 1 heterocycles. The summed E-state index contributed by atoms with van der Waals surface area (Å²) in [7, 11) is 3.87. The molecule has 7 nitrogen and oxygen atoms in total. The van der Waals surface area contributed by atoms with Crippen LogP contribution in [0.15, 0.2) is 24.3 Å². The summed E-state index contributed by atoms with van der Waals surface area (Å²) in [6, 6.07) is 7.27. The van der Waals surface area contributed by atoms with Gasteiger partial charge in [0.05, 0.1) is 6.61 Å². The van der Waals surface area contributed by atoms with Gasteiger partial charge in [0, 0.05) is 44.9 Å². The fraction of sp³-hybridized carbons (Fsp3) is 0.556. The quantitative estimate of drug-likeness (QED) is 0.807. The van der Waals surface area contributed by atoms with Crippen LogP contribution in [0.4, 0.5) is 11.4 Å². The largest absolute Gasteiger partial charge is 0.378 e. The highest BCUT2D eigenvalue weighted by Gasteiger charge is 2.43. The molecule has 7 heteroatoms. The second kappa shape index (κ2) is 7.41. The van der Waals surface area contributed by atoms with Gasteiger partial charge in [0.2, 0.25) is 0 Å². The van der Waals surface area contributed by atoms with Crippen molar-refractivity contribution in [2.75, 3.05) is 37.5 Å². The van der Waals surface area contributed by atoms with E-state index in [2.05, 4.69) is 10.6 Å². The molecular formula is C18H25N3O4. The first kappa shape index (κ1) is 17.7. The predicted molar refractivity (Wildman–Crippen MR) is 94.4 cm³/mol. The van der Waals surface area contributed by atoms with Crippen LogP contribution in [0.3, 0.4) is 0 Å². The Balaban J connectivity index is 1.44. The molecule has 0 radical (unpaired) electrons. The molecule has 1 aromatic rings. The molecule has 1 aromatic carbocycles. The monoisotopic (exact) mass is 347 g/mol. The molecule has 25 heavy (non-hydrogen) atoms. The summed E-state index contributed by atoms with van der Waals surface area (Å²) in [5.74, 6) is -1.81. The van der Waals surface area contributed by atoms with Crippen molar-refractivity contribution in [2.45, 2.75) is 37.6 Å². The third-order valence-corrected chi connectivity index (χ3v) is 4.62. The van der Waals surface area contributed by atoms with Crippen molar-refractivity contribution in [2.24, 2.45) is 0 Å². The molecule has 1 spiro atoms. The molecule has 2 fully saturated rings. The molecule has 0 bridgehead atoms. The Morgan fingerprint density at radius 1 is 1.16 bits per heavy atom. The van der Waals surface area contributed by atoms with Crippen molar-refractivity contribution in [3.63, 3.8) is 0 Å². The number of anilines is 2. The molecule has 0 unspecified atom stereocenters. The number of nitrogens with zero attached hydrogens (tertiary/aromatic N) is 1. The van der Waals surface area contributed by atoms with Crippen molar-refractivity contribution in [3.05, 3.63) is 24.3 Å². The van der Waals surface area contributed by atoms with Crippen LogP contribution in [0, 0.1) is 0 Å². The van der Waals surface area contributed by atoms with Gasteiger partial charge >= 0.3 is 11.8 Å². The highest BCUT2D eigenvalue weighted by atomic mass is 16.7. The van der Waals surface area contributed by atoms with Gasteiger partial charge in [-0.25, -0.2) is 0 Å². The number of amides is 2. The van der Waals surface area contributed by atoms with E-state index in [0.717, 1.165) is 31.4 Å². The minimum atomic E-state index is -0.688. The predicted octanol–water partition coefficient (Wildman–Crippen LogP) is 1.49. The van der Waals surface area contributed by atoms with E-state index in [-0.39, 0.29) is 12.6 Å². The number of carbonyl (C=O) groups excluding carboxylic acids is 2. The number of hydrogen-bond donors (Lipinski definition) is 2. The number of ether oxygens (including phenoxy) is 2. The zero-order valence-corrected chi connectivity index (χ0v) is 14.7. The van der Waals surface area contributed by atoms with Crippen LogP contribution in [-0.4, -0.2) is 51.0 Å². The normalized spacial score (nSPS) is 21.3. The molecule has 3 rings (SSSR count). The Labute approximate surface area is 147 Å². The van der Waals surface area contributed by atoms with E-state index in [9.17, 15) is 9.59 Å². The van der Waals surface area contributed by atoms with Crippen molar-refractivity contribution in [3.8, 4) is 0 Å². The summed E-state index contributed by atoms with van der Waals surface area (Å²) < 4.78 is 11.7. The fourth-order valence-corrected chi connectivity index (χ4v) is 3.21.